The van der Waals surface area contributed by atoms with Crippen molar-refractivity contribution in [1.82, 2.24) is 25.6 Å². The minimum Gasteiger partial charge on any atom is -0.382 e. The molecule has 0 bridgehead atoms. The van der Waals surface area contributed by atoms with Crippen LogP contribution in [0.3, 0.4) is 0 Å². The number of hydrogen-bond acceptors (Lipinski definition) is 4. The third-order valence-electron chi connectivity index (χ3n) is 2.05. The molecular weight excluding hydrogens is 238 g/mol. The first-order valence-electron chi connectivity index (χ1n) is 5.76. The molecule has 6 nitrogen and oxygen atoms in total. The van der Waals surface area contributed by atoms with Gasteiger partial charge in [-0.05, 0) is 25.6 Å². The van der Waals surface area contributed by atoms with Gasteiger partial charge >= 0.3 is 0 Å². The van der Waals surface area contributed by atoms with Gasteiger partial charge in [0.15, 0.2) is 5.11 Å². The summed E-state index contributed by atoms with van der Waals surface area (Å²) in [5.74, 6) is 0. The number of aromatic nitrogens is 3. The molecule has 0 amide bonds. The van der Waals surface area contributed by atoms with Crippen LogP contribution in [0.5, 0.6) is 0 Å². The third kappa shape index (κ3) is 6.85. The molecule has 0 unspecified atom stereocenters. The summed E-state index contributed by atoms with van der Waals surface area (Å²) < 4.78 is 6.98. The third-order valence-corrected chi connectivity index (χ3v) is 2.34. The van der Waals surface area contributed by atoms with Gasteiger partial charge in [0.2, 0.25) is 0 Å². The zero-order chi connectivity index (χ0) is 12.3. The van der Waals surface area contributed by atoms with E-state index >= 15 is 0 Å². The smallest absolute Gasteiger partial charge is 0.166 e. The summed E-state index contributed by atoms with van der Waals surface area (Å²) in [7, 11) is 0. The maximum Gasteiger partial charge on any atom is 0.166 e. The molecule has 0 saturated carbocycles. The predicted octanol–water partition coefficient (Wildman–Crippen LogP) is 0.169. The monoisotopic (exact) mass is 257 g/mol. The van der Waals surface area contributed by atoms with Gasteiger partial charge in [-0.15, -0.1) is 5.10 Å². The van der Waals surface area contributed by atoms with Crippen LogP contribution in [0.1, 0.15) is 13.3 Å². The van der Waals surface area contributed by atoms with E-state index in [4.69, 9.17) is 17.0 Å². The summed E-state index contributed by atoms with van der Waals surface area (Å²) >= 11 is 5.12. The van der Waals surface area contributed by atoms with Crippen LogP contribution in [0.25, 0.3) is 0 Å². The maximum absolute atomic E-state index is 5.22. The molecule has 96 valence electrons. The minimum atomic E-state index is 0.668. The van der Waals surface area contributed by atoms with Crippen molar-refractivity contribution in [3.05, 3.63) is 12.4 Å². The molecule has 1 heterocycles. The first kappa shape index (κ1) is 13.9. The van der Waals surface area contributed by atoms with Crippen LogP contribution < -0.4 is 10.6 Å². The van der Waals surface area contributed by atoms with Gasteiger partial charge in [-0.25, -0.2) is 0 Å². The molecule has 2 N–H and O–H groups in total. The Balaban J connectivity index is 1.94. The molecule has 0 spiro atoms. The zero-order valence-corrected chi connectivity index (χ0v) is 10.9. The molecule has 7 heteroatoms. The van der Waals surface area contributed by atoms with Gasteiger partial charge in [0.25, 0.3) is 0 Å². The molecule has 1 aromatic rings. The zero-order valence-electron chi connectivity index (χ0n) is 10.1. The summed E-state index contributed by atoms with van der Waals surface area (Å²) in [4.78, 5) is 0. The molecule has 1 rings (SSSR count). The number of thiocarbonyl (C=S) groups is 1. The highest BCUT2D eigenvalue weighted by molar-refractivity contribution is 7.80. The normalized spacial score (nSPS) is 10.2. The number of nitrogens with one attached hydrogen (secondary N) is 2. The minimum absolute atomic E-state index is 0.668. The Kier molecular flexibility index (Phi) is 7.24. The second-order valence-electron chi connectivity index (χ2n) is 3.40. The van der Waals surface area contributed by atoms with Crippen LogP contribution in [0.2, 0.25) is 0 Å². The number of nitrogens with zero attached hydrogens (tertiary/aromatic N) is 3. The molecule has 0 aromatic carbocycles. The second-order valence-corrected chi connectivity index (χ2v) is 3.81. The Hall–Kier alpha value is -1.21. The van der Waals surface area contributed by atoms with Crippen molar-refractivity contribution in [3.8, 4) is 0 Å². The second kappa shape index (κ2) is 8.89. The summed E-state index contributed by atoms with van der Waals surface area (Å²) in [6.07, 6.45) is 4.43. The van der Waals surface area contributed by atoms with Crippen molar-refractivity contribution in [2.45, 2.75) is 19.9 Å². The predicted molar refractivity (Wildman–Crippen MR) is 69.7 cm³/mol. The molecular formula is C10H19N5OS. The highest BCUT2D eigenvalue weighted by Crippen LogP contribution is 1.81. The van der Waals surface area contributed by atoms with E-state index in [1.54, 1.807) is 10.9 Å². The van der Waals surface area contributed by atoms with Gasteiger partial charge in [-0.2, -0.15) is 0 Å². The van der Waals surface area contributed by atoms with E-state index in [1.807, 2.05) is 13.1 Å². The number of rotatable bonds is 8. The molecule has 0 saturated heterocycles. The Morgan fingerprint density at radius 3 is 2.94 bits per heavy atom. The van der Waals surface area contributed by atoms with Crippen molar-refractivity contribution < 1.29 is 4.74 Å². The van der Waals surface area contributed by atoms with Crippen molar-refractivity contribution >= 4 is 17.3 Å². The molecule has 0 radical (unpaired) electrons. The molecule has 0 aliphatic rings. The molecule has 0 fully saturated rings. The van der Waals surface area contributed by atoms with Crippen molar-refractivity contribution in [2.24, 2.45) is 0 Å². The standard InChI is InChI=1S/C10H19N5OS/c1-2-16-9-3-4-11-10(17)12-5-7-15-8-6-13-14-15/h6,8H,2-5,7,9H2,1H3,(H2,11,12,17). The fourth-order valence-electron chi connectivity index (χ4n) is 1.22. The lowest BCUT2D eigenvalue weighted by Crippen LogP contribution is -2.37. The van der Waals surface area contributed by atoms with Gasteiger partial charge in [0.1, 0.15) is 0 Å². The summed E-state index contributed by atoms with van der Waals surface area (Å²) in [5.41, 5.74) is 0. The van der Waals surface area contributed by atoms with Gasteiger partial charge in [-0.3, -0.25) is 4.68 Å². The van der Waals surface area contributed by atoms with Crippen LogP contribution in [0.15, 0.2) is 12.4 Å². The van der Waals surface area contributed by atoms with E-state index < -0.39 is 0 Å². The Bertz CT molecular complexity index is 304. The Morgan fingerprint density at radius 1 is 1.41 bits per heavy atom. The van der Waals surface area contributed by atoms with Crippen molar-refractivity contribution in [1.29, 1.82) is 0 Å². The van der Waals surface area contributed by atoms with E-state index in [1.165, 1.54) is 0 Å². The van der Waals surface area contributed by atoms with E-state index in [0.717, 1.165) is 39.3 Å². The van der Waals surface area contributed by atoms with Gasteiger partial charge in [0, 0.05) is 32.5 Å². The fraction of sp³-hybridized carbons (Fsp3) is 0.700. The first-order valence-corrected chi connectivity index (χ1v) is 6.17. The fourth-order valence-corrected chi connectivity index (χ4v) is 1.42. The van der Waals surface area contributed by atoms with Crippen LogP contribution in [0, 0.1) is 0 Å². The van der Waals surface area contributed by atoms with Crippen LogP contribution in [0.4, 0.5) is 0 Å². The first-order chi connectivity index (χ1) is 8.33. The molecule has 0 aliphatic carbocycles. The number of ether oxygens (including phenoxy) is 1. The van der Waals surface area contributed by atoms with Crippen LogP contribution in [-0.2, 0) is 11.3 Å². The highest BCUT2D eigenvalue weighted by atomic mass is 32.1. The average Bonchev–Trinajstić information content (AvgIpc) is 2.82. The van der Waals surface area contributed by atoms with E-state index in [9.17, 15) is 0 Å². The van der Waals surface area contributed by atoms with Crippen molar-refractivity contribution in [2.75, 3.05) is 26.3 Å². The molecule has 17 heavy (non-hydrogen) atoms. The van der Waals surface area contributed by atoms with E-state index in [0.29, 0.717) is 5.11 Å². The lowest BCUT2D eigenvalue weighted by atomic mass is 10.4. The lowest BCUT2D eigenvalue weighted by molar-refractivity contribution is 0.145. The van der Waals surface area contributed by atoms with E-state index in [-0.39, 0.29) is 0 Å². The Morgan fingerprint density at radius 2 is 2.24 bits per heavy atom. The van der Waals surface area contributed by atoms with Crippen molar-refractivity contribution in [3.63, 3.8) is 0 Å². The SMILES string of the molecule is CCOCCCNC(=S)NCCn1ccnn1. The lowest BCUT2D eigenvalue weighted by Gasteiger charge is -2.10. The average molecular weight is 257 g/mol. The largest absolute Gasteiger partial charge is 0.382 e. The Labute approximate surface area is 107 Å². The van der Waals surface area contributed by atoms with Gasteiger partial charge < -0.3 is 15.4 Å². The maximum atomic E-state index is 5.22. The van der Waals surface area contributed by atoms with Gasteiger partial charge in [0.05, 0.1) is 12.7 Å². The summed E-state index contributed by atoms with van der Waals surface area (Å²) in [6.45, 7) is 5.84. The number of hydrogen-bond donors (Lipinski definition) is 2. The van der Waals surface area contributed by atoms with Crippen LogP contribution >= 0.6 is 12.2 Å². The molecule has 0 atom stereocenters. The van der Waals surface area contributed by atoms with Gasteiger partial charge in [-0.1, -0.05) is 5.21 Å². The summed E-state index contributed by atoms with van der Waals surface area (Å²) in [6, 6.07) is 0. The quantitative estimate of drug-likeness (QED) is 0.511. The molecule has 1 aromatic heterocycles. The molecule has 0 aliphatic heterocycles. The highest BCUT2D eigenvalue weighted by Gasteiger charge is 1.95. The summed E-state index contributed by atoms with van der Waals surface area (Å²) in [5, 5.41) is 14.5. The van der Waals surface area contributed by atoms with E-state index in [2.05, 4.69) is 20.9 Å². The van der Waals surface area contributed by atoms with Crippen LogP contribution in [-0.4, -0.2) is 46.4 Å². The topological polar surface area (TPSA) is 64.0 Å².